The SMILES string of the molecule is Nc1ccc(SCC2(O)CCC(C(=O)O)CC2)nc1. The normalized spacial score (nSPS) is 27.1. The fourth-order valence-corrected chi connectivity index (χ4v) is 3.23. The summed E-state index contributed by atoms with van der Waals surface area (Å²) in [5.41, 5.74) is 5.40. The predicted octanol–water partition coefficient (Wildman–Crippen LogP) is 1.76. The van der Waals surface area contributed by atoms with Gasteiger partial charge in [0.05, 0.1) is 28.4 Å². The maximum absolute atomic E-state index is 10.9. The first kappa shape index (κ1) is 14.1. The van der Waals surface area contributed by atoms with Crippen LogP contribution in [0.3, 0.4) is 0 Å². The minimum atomic E-state index is -0.778. The van der Waals surface area contributed by atoms with E-state index in [-0.39, 0.29) is 5.92 Å². The van der Waals surface area contributed by atoms with Gasteiger partial charge in [0.15, 0.2) is 0 Å². The average Bonchev–Trinajstić information content (AvgIpc) is 2.39. The first-order chi connectivity index (χ1) is 8.98. The summed E-state index contributed by atoms with van der Waals surface area (Å²) in [6, 6.07) is 3.60. The second-order valence-electron chi connectivity index (χ2n) is 5.06. The predicted molar refractivity (Wildman–Crippen MR) is 73.9 cm³/mol. The van der Waals surface area contributed by atoms with Crippen molar-refractivity contribution in [2.24, 2.45) is 5.92 Å². The van der Waals surface area contributed by atoms with Gasteiger partial charge in [-0.25, -0.2) is 4.98 Å². The van der Waals surface area contributed by atoms with E-state index in [9.17, 15) is 9.90 Å². The topological polar surface area (TPSA) is 96.4 Å². The molecule has 0 aliphatic heterocycles. The molecule has 0 bridgehead atoms. The highest BCUT2D eigenvalue weighted by Gasteiger charge is 2.35. The lowest BCUT2D eigenvalue weighted by molar-refractivity contribution is -0.144. The molecule has 1 aliphatic rings. The molecule has 0 spiro atoms. The van der Waals surface area contributed by atoms with E-state index in [0.717, 1.165) is 5.03 Å². The highest BCUT2D eigenvalue weighted by molar-refractivity contribution is 7.99. The van der Waals surface area contributed by atoms with Gasteiger partial charge in [-0.2, -0.15) is 0 Å². The molecule has 1 fully saturated rings. The summed E-state index contributed by atoms with van der Waals surface area (Å²) in [6.45, 7) is 0. The van der Waals surface area contributed by atoms with Crippen molar-refractivity contribution in [3.05, 3.63) is 18.3 Å². The van der Waals surface area contributed by atoms with E-state index < -0.39 is 11.6 Å². The zero-order valence-electron chi connectivity index (χ0n) is 10.6. The Bertz CT molecular complexity index is 442. The number of aromatic nitrogens is 1. The number of anilines is 1. The molecule has 5 nitrogen and oxygen atoms in total. The molecule has 6 heteroatoms. The Hall–Kier alpha value is -1.27. The van der Waals surface area contributed by atoms with E-state index in [1.54, 1.807) is 12.3 Å². The van der Waals surface area contributed by atoms with Crippen molar-refractivity contribution in [1.29, 1.82) is 0 Å². The third-order valence-corrected chi connectivity index (χ3v) is 4.73. The zero-order valence-corrected chi connectivity index (χ0v) is 11.4. The molecule has 104 valence electrons. The number of carboxylic acids is 1. The number of aliphatic hydroxyl groups is 1. The van der Waals surface area contributed by atoms with Gasteiger partial charge < -0.3 is 15.9 Å². The Labute approximate surface area is 116 Å². The Balaban J connectivity index is 1.86. The number of nitrogens with two attached hydrogens (primary N) is 1. The van der Waals surface area contributed by atoms with Gasteiger partial charge in [-0.05, 0) is 37.8 Å². The number of carbonyl (C=O) groups is 1. The smallest absolute Gasteiger partial charge is 0.306 e. The molecule has 1 aromatic rings. The summed E-state index contributed by atoms with van der Waals surface area (Å²) >= 11 is 1.48. The monoisotopic (exact) mass is 282 g/mol. The molecule has 1 saturated carbocycles. The summed E-state index contributed by atoms with van der Waals surface area (Å²) in [5.74, 6) is -0.522. The van der Waals surface area contributed by atoms with Gasteiger partial charge in [-0.3, -0.25) is 4.79 Å². The first-order valence-corrected chi connectivity index (χ1v) is 7.27. The number of hydrogen-bond acceptors (Lipinski definition) is 5. The van der Waals surface area contributed by atoms with Crippen molar-refractivity contribution in [3.8, 4) is 0 Å². The Kier molecular flexibility index (Phi) is 4.31. The van der Waals surface area contributed by atoms with Crippen LogP contribution in [0, 0.1) is 5.92 Å². The minimum absolute atomic E-state index is 0.306. The molecule has 19 heavy (non-hydrogen) atoms. The molecular formula is C13H18N2O3S. The van der Waals surface area contributed by atoms with Gasteiger partial charge in [-0.1, -0.05) is 0 Å². The zero-order chi connectivity index (χ0) is 13.9. The summed E-state index contributed by atoms with van der Waals surface area (Å²) < 4.78 is 0. The van der Waals surface area contributed by atoms with Crippen LogP contribution in [0.15, 0.2) is 23.4 Å². The maximum Gasteiger partial charge on any atom is 0.306 e. The van der Waals surface area contributed by atoms with Gasteiger partial charge >= 0.3 is 5.97 Å². The van der Waals surface area contributed by atoms with Crippen LogP contribution in [0.4, 0.5) is 5.69 Å². The molecule has 4 N–H and O–H groups in total. The van der Waals surface area contributed by atoms with Crippen LogP contribution >= 0.6 is 11.8 Å². The third-order valence-electron chi connectivity index (χ3n) is 3.51. The second-order valence-corrected chi connectivity index (χ2v) is 6.05. The number of thioether (sulfide) groups is 1. The minimum Gasteiger partial charge on any atom is -0.481 e. The second kappa shape index (κ2) is 5.79. The third kappa shape index (κ3) is 3.84. The van der Waals surface area contributed by atoms with Gasteiger partial charge in [0.1, 0.15) is 0 Å². The summed E-state index contributed by atoms with van der Waals surface area (Å²) in [5, 5.41) is 20.2. The van der Waals surface area contributed by atoms with Crippen LogP contribution in [0.1, 0.15) is 25.7 Å². The van der Waals surface area contributed by atoms with Gasteiger partial charge in [0, 0.05) is 5.75 Å². The van der Waals surface area contributed by atoms with Crippen molar-refractivity contribution < 1.29 is 15.0 Å². The largest absolute Gasteiger partial charge is 0.481 e. The first-order valence-electron chi connectivity index (χ1n) is 6.28. The lowest BCUT2D eigenvalue weighted by Crippen LogP contribution is -2.38. The van der Waals surface area contributed by atoms with E-state index in [4.69, 9.17) is 10.8 Å². The lowest BCUT2D eigenvalue weighted by atomic mass is 9.80. The highest BCUT2D eigenvalue weighted by Crippen LogP contribution is 2.35. The Morgan fingerprint density at radius 3 is 2.68 bits per heavy atom. The number of hydrogen-bond donors (Lipinski definition) is 3. The molecule has 0 unspecified atom stereocenters. The molecule has 1 heterocycles. The van der Waals surface area contributed by atoms with Crippen molar-refractivity contribution in [2.75, 3.05) is 11.5 Å². The number of nitrogen functional groups attached to an aromatic ring is 1. The lowest BCUT2D eigenvalue weighted by Gasteiger charge is -2.34. The molecular weight excluding hydrogens is 264 g/mol. The fraction of sp³-hybridized carbons (Fsp3) is 0.538. The number of rotatable bonds is 4. The van der Waals surface area contributed by atoms with Crippen LogP contribution in [-0.2, 0) is 4.79 Å². The summed E-state index contributed by atoms with van der Waals surface area (Å²) in [6.07, 6.45) is 3.74. The molecule has 1 aliphatic carbocycles. The highest BCUT2D eigenvalue weighted by atomic mass is 32.2. The molecule has 0 atom stereocenters. The average molecular weight is 282 g/mol. The van der Waals surface area contributed by atoms with Crippen molar-refractivity contribution in [2.45, 2.75) is 36.3 Å². The molecule has 1 aromatic heterocycles. The van der Waals surface area contributed by atoms with Crippen molar-refractivity contribution >= 4 is 23.4 Å². The van der Waals surface area contributed by atoms with E-state index in [0.29, 0.717) is 37.1 Å². The molecule has 0 aromatic carbocycles. The van der Waals surface area contributed by atoms with E-state index in [2.05, 4.69) is 4.98 Å². The number of nitrogens with zero attached hydrogens (tertiary/aromatic N) is 1. The van der Waals surface area contributed by atoms with Crippen LogP contribution in [0.5, 0.6) is 0 Å². The van der Waals surface area contributed by atoms with Crippen LogP contribution in [0.25, 0.3) is 0 Å². The van der Waals surface area contributed by atoms with Crippen molar-refractivity contribution in [1.82, 2.24) is 4.98 Å². The fourth-order valence-electron chi connectivity index (χ4n) is 2.23. The maximum atomic E-state index is 10.9. The summed E-state index contributed by atoms with van der Waals surface area (Å²) in [4.78, 5) is 15.0. The Morgan fingerprint density at radius 1 is 1.47 bits per heavy atom. The molecule has 0 saturated heterocycles. The summed E-state index contributed by atoms with van der Waals surface area (Å²) in [7, 11) is 0. The quantitative estimate of drug-likeness (QED) is 0.728. The standard InChI is InChI=1S/C13H18N2O3S/c14-10-1-2-11(15-7-10)19-8-13(18)5-3-9(4-6-13)12(16)17/h1-2,7,9,18H,3-6,8,14H2,(H,16,17). The molecule has 0 amide bonds. The molecule has 2 rings (SSSR count). The van der Waals surface area contributed by atoms with Gasteiger partial charge in [0.25, 0.3) is 0 Å². The van der Waals surface area contributed by atoms with E-state index in [1.807, 2.05) is 6.07 Å². The van der Waals surface area contributed by atoms with E-state index >= 15 is 0 Å². The van der Waals surface area contributed by atoms with E-state index in [1.165, 1.54) is 11.8 Å². The van der Waals surface area contributed by atoms with Crippen LogP contribution < -0.4 is 5.73 Å². The van der Waals surface area contributed by atoms with Gasteiger partial charge in [-0.15, -0.1) is 11.8 Å². The molecule has 0 radical (unpaired) electrons. The van der Waals surface area contributed by atoms with Crippen LogP contribution in [0.2, 0.25) is 0 Å². The van der Waals surface area contributed by atoms with Gasteiger partial charge in [0.2, 0.25) is 0 Å². The number of aliphatic carboxylic acids is 1. The number of carboxylic acid groups (broad SMARTS) is 1. The number of pyridine rings is 1. The van der Waals surface area contributed by atoms with Crippen LogP contribution in [-0.4, -0.2) is 32.5 Å². The Morgan fingerprint density at radius 2 is 2.16 bits per heavy atom. The van der Waals surface area contributed by atoms with Crippen molar-refractivity contribution in [3.63, 3.8) is 0 Å².